The summed E-state index contributed by atoms with van der Waals surface area (Å²) in [4.78, 5) is 109. The van der Waals surface area contributed by atoms with E-state index in [1.807, 2.05) is 29.5 Å². The fourth-order valence-electron chi connectivity index (χ4n) is 12.8. The number of hydrogen-bond donors (Lipinski definition) is 6. The summed E-state index contributed by atoms with van der Waals surface area (Å²) in [5.74, 6) is -5.73. The third-order valence-corrected chi connectivity index (χ3v) is 20.3. The predicted molar refractivity (Wildman–Crippen MR) is 343 cm³/mol. The molecule has 502 valence electrons. The van der Waals surface area contributed by atoms with Crippen molar-refractivity contribution in [2.24, 2.45) is 0 Å². The van der Waals surface area contributed by atoms with Crippen molar-refractivity contribution in [1.29, 1.82) is 0 Å². The smallest absolute Gasteiger partial charge is 0.274 e. The van der Waals surface area contributed by atoms with Gasteiger partial charge >= 0.3 is 0 Å². The van der Waals surface area contributed by atoms with Crippen LogP contribution in [0.2, 0.25) is 10.0 Å². The van der Waals surface area contributed by atoms with Crippen molar-refractivity contribution in [2.75, 3.05) is 72.3 Å². The highest BCUT2D eigenvalue weighted by atomic mass is 127. The Balaban J connectivity index is 0.000000168. The second-order valence-corrected chi connectivity index (χ2v) is 29.8. The highest BCUT2D eigenvalue weighted by Gasteiger charge is 2.49. The minimum atomic E-state index is -3.76. The first kappa shape index (κ1) is 70.3. The average Bonchev–Trinajstić information content (AvgIpc) is 1.68. The molecule has 93 heavy (non-hydrogen) atoms. The average molecular weight is 1510 g/mol. The summed E-state index contributed by atoms with van der Waals surface area (Å²) >= 11 is 13.5. The second-order valence-electron chi connectivity index (χ2n) is 22.6. The Morgan fingerprint density at radius 2 is 0.892 bits per heavy atom. The van der Waals surface area contributed by atoms with Gasteiger partial charge in [-0.1, -0.05) is 47.5 Å². The van der Waals surface area contributed by atoms with Crippen molar-refractivity contribution < 1.29 is 72.6 Å². The van der Waals surface area contributed by atoms with Crippen LogP contribution in [0.5, 0.6) is 17.2 Å². The van der Waals surface area contributed by atoms with Crippen molar-refractivity contribution in [3.8, 4) is 17.2 Å². The van der Waals surface area contributed by atoms with E-state index in [9.17, 15) is 77.5 Å². The number of pyridine rings is 3. The molecule has 36 heteroatoms. The quantitative estimate of drug-likeness (QED) is 0.0727. The largest absolute Gasteiger partial charge is 0.503 e. The number of nitrogens with zero attached hydrogens (tertiary/aromatic N) is 6. The van der Waals surface area contributed by atoms with Gasteiger partial charge in [0.25, 0.3) is 29.5 Å². The molecule has 11 rings (SSSR count). The topological polar surface area (TPSA) is 362 Å². The molecule has 6 N–H and O–H groups in total. The van der Waals surface area contributed by atoms with E-state index >= 15 is 0 Å². The van der Waals surface area contributed by atoms with E-state index in [0.29, 0.717) is 41.9 Å². The van der Waals surface area contributed by atoms with E-state index in [4.69, 9.17) is 32.7 Å². The van der Waals surface area contributed by atoms with Gasteiger partial charge in [0, 0.05) is 63.5 Å². The van der Waals surface area contributed by atoms with Gasteiger partial charge in [0.1, 0.15) is 22.8 Å². The number of hydrogen-bond acceptors (Lipinski definition) is 17. The lowest BCUT2D eigenvalue weighted by Gasteiger charge is -2.34. The summed E-state index contributed by atoms with van der Waals surface area (Å²) in [6.45, 7) is 6.98. The van der Waals surface area contributed by atoms with Crippen LogP contribution in [-0.4, -0.2) is 161 Å². The molecule has 0 spiro atoms. The van der Waals surface area contributed by atoms with Crippen molar-refractivity contribution in [3.05, 3.63) is 149 Å². The number of rotatable bonds is 17. The number of halogens is 5. The van der Waals surface area contributed by atoms with Crippen LogP contribution < -0.4 is 50.6 Å². The maximum Gasteiger partial charge on any atom is 0.274 e. The molecule has 0 saturated heterocycles. The third-order valence-electron chi connectivity index (χ3n) is 16.6. The zero-order chi connectivity index (χ0) is 68.4. The van der Waals surface area contributed by atoms with Crippen molar-refractivity contribution in [1.82, 2.24) is 53.2 Å². The van der Waals surface area contributed by atoms with Gasteiger partial charge in [-0.3, -0.25) is 38.4 Å². The Labute approximate surface area is 555 Å². The molecule has 6 aliphatic heterocycles. The molecule has 5 amide bonds. The molecule has 6 aliphatic rings. The van der Waals surface area contributed by atoms with Gasteiger partial charge in [0.05, 0.1) is 99.9 Å². The zero-order valence-electron chi connectivity index (χ0n) is 51.0. The monoisotopic (exact) mass is 1510 g/mol. The number of ether oxygens (including phenoxy) is 2. The summed E-state index contributed by atoms with van der Waals surface area (Å²) in [6.07, 6.45) is 3.87. The lowest BCUT2D eigenvalue weighted by molar-refractivity contribution is 0.0668. The Morgan fingerprint density at radius 1 is 0.559 bits per heavy atom. The van der Waals surface area contributed by atoms with Gasteiger partial charge in [-0.05, 0) is 74.8 Å². The number of benzene rings is 2. The number of likely N-dealkylation sites (N-methyl/N-ethyl adjacent to an activating group) is 3. The molecular formula is C57H64Cl2F2IN11O17S3. The van der Waals surface area contributed by atoms with Crippen molar-refractivity contribution in [2.45, 2.75) is 89.4 Å². The van der Waals surface area contributed by atoms with Gasteiger partial charge in [0.2, 0.25) is 46.4 Å². The van der Waals surface area contributed by atoms with E-state index in [-0.39, 0.29) is 129 Å². The third kappa shape index (κ3) is 13.5. The molecule has 0 unspecified atom stereocenters. The molecule has 0 bridgehead atoms. The molecule has 0 saturated carbocycles. The summed E-state index contributed by atoms with van der Waals surface area (Å²) in [5.41, 5.74) is -2.54. The molecule has 9 heterocycles. The number of aromatic nitrogens is 3. The number of aromatic hydroxyl groups is 1. The number of methoxy groups -OCH3 is 2. The first-order valence-corrected chi connectivity index (χ1v) is 36.2. The van der Waals surface area contributed by atoms with Gasteiger partial charge in [-0.25, -0.2) is 48.2 Å². The van der Waals surface area contributed by atoms with E-state index in [1.54, 1.807) is 23.3 Å². The van der Waals surface area contributed by atoms with Crippen molar-refractivity contribution >= 4 is 105 Å². The highest BCUT2D eigenvalue weighted by molar-refractivity contribution is 14.1. The molecular weight excluding hydrogens is 1440 g/mol. The van der Waals surface area contributed by atoms with E-state index in [2.05, 4.69) is 24.8 Å². The molecule has 0 aliphatic carbocycles. The molecule has 0 radical (unpaired) electrons. The first-order valence-electron chi connectivity index (χ1n) is 28.7. The molecule has 5 aromatic rings. The second kappa shape index (κ2) is 27.0. The van der Waals surface area contributed by atoms with Gasteiger partial charge < -0.3 is 53.6 Å². The zero-order valence-corrected chi connectivity index (χ0v) is 57.1. The van der Waals surface area contributed by atoms with Crippen LogP contribution in [0.25, 0.3) is 0 Å². The van der Waals surface area contributed by atoms with Gasteiger partial charge in [-0.15, -0.1) is 0 Å². The van der Waals surface area contributed by atoms with Crippen LogP contribution in [0.3, 0.4) is 0 Å². The van der Waals surface area contributed by atoms with Gasteiger partial charge in [-0.2, -0.15) is 0 Å². The fourth-order valence-corrected chi connectivity index (χ4v) is 16.3. The molecule has 2 aromatic carbocycles. The first-order chi connectivity index (χ1) is 43.6. The summed E-state index contributed by atoms with van der Waals surface area (Å²) in [6, 6.07) is 5.17. The number of carbonyl (C=O) groups excluding carboxylic acids is 5. The summed E-state index contributed by atoms with van der Waals surface area (Å²) < 4.78 is 123. The molecule has 3 aromatic heterocycles. The minimum absolute atomic E-state index is 0.0126. The Bertz CT molecular complexity index is 4540. The maximum atomic E-state index is 14.3. The number of carbonyl (C=O) groups is 5. The lowest BCUT2D eigenvalue weighted by atomic mass is 10.0. The number of nitrogens with one attached hydrogen (secondary N) is 5. The van der Waals surface area contributed by atoms with E-state index in [0.717, 1.165) is 18.8 Å². The molecule has 28 nitrogen and oxygen atoms in total. The van der Waals surface area contributed by atoms with Crippen LogP contribution in [0.15, 0.2) is 50.8 Å². The number of amides is 5. The molecule has 6 atom stereocenters. The van der Waals surface area contributed by atoms with Gasteiger partial charge in [0.15, 0.2) is 34.3 Å². The van der Waals surface area contributed by atoms with Crippen LogP contribution in [0.1, 0.15) is 157 Å². The van der Waals surface area contributed by atoms with Crippen LogP contribution in [-0.2, 0) is 43.2 Å². The van der Waals surface area contributed by atoms with Crippen LogP contribution in [0.4, 0.5) is 8.78 Å². The Morgan fingerprint density at radius 3 is 1.26 bits per heavy atom. The standard InChI is InChI=1S/C22H24ClFN4O6S.C21H22ClFN4O6S.C14H18IN3O5S/c1-4-27-10-12-8-14(26-35(3,32)33)17-15(19(29)20(34-2)18(22(27)31)28(12)17)21(30)25-9-11-6-5-7-13(23)16(11)24;1-3-26-9-11-7-13(25-34(2,32)33)16-14(18(28)19(29)17(21(26)31)27(11)16)20(30)24-8-10-5-4-6-12(22)15(10)23;1-4-17-6-7-5-8(16-24(3,21)22)10-9(15)12(19)13(23-2)11(14(17)20)18(7)10/h5-7,12,14,26H,4,8-10H2,1-3H3,(H,25,30);4-6,11,13,25,29H,3,7-9H2,1-2H3,(H,24,30);7-8,16H,4-6H2,1-3H3/t12-,14+;11-,13+;7-,8+/m000/s1. The summed E-state index contributed by atoms with van der Waals surface area (Å²) in [5, 5.41) is 15.3. The Hall–Kier alpha value is -7.06. The minimum Gasteiger partial charge on any atom is -0.503 e. The lowest BCUT2D eigenvalue weighted by Crippen LogP contribution is -2.45. The predicted octanol–water partition coefficient (Wildman–Crippen LogP) is 3.35. The normalized spacial score (nSPS) is 20.1. The van der Waals surface area contributed by atoms with Crippen LogP contribution in [0, 0.1) is 15.2 Å². The molecule has 0 fully saturated rings. The van der Waals surface area contributed by atoms with E-state index < -0.39 is 112 Å². The maximum absolute atomic E-state index is 14.3. The van der Waals surface area contributed by atoms with Crippen molar-refractivity contribution in [3.63, 3.8) is 0 Å². The van der Waals surface area contributed by atoms with Crippen LogP contribution >= 0.6 is 45.8 Å². The SMILES string of the molecule is CCN1C[C@@H]2C[C@@H](NS(C)(=O)=O)c3c(C(=O)NCc4cccc(Cl)c4F)c(=O)c(O)c(n32)C1=O.CCN1C[C@@H]2C[C@@H](NS(C)(=O)=O)c3c(C(=O)NCc4cccc(Cl)c4F)c(=O)c(OC)c(n32)C1=O.CCN1C[C@@H]2C[C@@H](NS(C)(=O)=O)c3c(I)c(=O)c(OC)c(n32)C1=O. The summed E-state index contributed by atoms with van der Waals surface area (Å²) in [7, 11) is -8.36. The van der Waals surface area contributed by atoms with E-state index in [1.165, 1.54) is 69.6 Å². The fraction of sp³-hybridized carbons (Fsp3) is 0.439. The number of sulfonamides is 3. The highest BCUT2D eigenvalue weighted by Crippen LogP contribution is 2.46. The Kier molecular flexibility index (Phi) is 20.4.